The Labute approximate surface area is 367 Å². The van der Waals surface area contributed by atoms with Gasteiger partial charge in [0.1, 0.15) is 29.7 Å². The lowest BCUT2D eigenvalue weighted by atomic mass is 9.97. The molecule has 4 N–H and O–H groups in total. The van der Waals surface area contributed by atoms with Crippen molar-refractivity contribution in [1.29, 1.82) is 0 Å². The molecule has 1 aliphatic carbocycles. The van der Waals surface area contributed by atoms with Crippen LogP contribution in [0.1, 0.15) is 46.1 Å². The van der Waals surface area contributed by atoms with Gasteiger partial charge in [0.05, 0.1) is 39.7 Å². The third-order valence-corrected chi connectivity index (χ3v) is 12.4. The fourth-order valence-corrected chi connectivity index (χ4v) is 9.04. The van der Waals surface area contributed by atoms with Crippen LogP contribution in [0.15, 0.2) is 96.5 Å². The first-order valence-corrected chi connectivity index (χ1v) is 21.9. The highest BCUT2D eigenvalue weighted by atomic mass is 32.2. The van der Waals surface area contributed by atoms with Crippen molar-refractivity contribution in [2.24, 2.45) is 7.05 Å². The average Bonchev–Trinajstić information content (AvgIpc) is 4.02. The minimum Gasteiger partial charge on any atom is -0.485 e. The van der Waals surface area contributed by atoms with Gasteiger partial charge in [0, 0.05) is 80.8 Å². The Morgan fingerprint density at radius 3 is 2.68 bits per heavy atom. The van der Waals surface area contributed by atoms with Crippen molar-refractivity contribution in [1.82, 2.24) is 49.8 Å². The number of ether oxygens (including phenoxy) is 1. The molecule has 1 saturated heterocycles. The summed E-state index contributed by atoms with van der Waals surface area (Å²) in [6, 6.07) is 11.4. The number of piperazine rings is 1. The number of rotatable bonds is 15. The number of fused-ring (bicyclic) bond motifs is 2. The first-order chi connectivity index (χ1) is 30.3. The number of H-pyrrole nitrogens is 1. The number of carbonyl (C=O) groups is 1. The molecule has 6 aromatic rings. The zero-order chi connectivity index (χ0) is 44.8. The number of benzene rings is 2. The second kappa shape index (κ2) is 19.3. The molecule has 0 amide bonds. The van der Waals surface area contributed by atoms with E-state index in [0.29, 0.717) is 84.6 Å². The van der Waals surface area contributed by atoms with E-state index in [1.54, 1.807) is 43.4 Å². The van der Waals surface area contributed by atoms with Crippen molar-refractivity contribution in [3.05, 3.63) is 103 Å². The fourth-order valence-electron chi connectivity index (χ4n) is 7.69. The van der Waals surface area contributed by atoms with Gasteiger partial charge in [0.15, 0.2) is 17.4 Å². The molecule has 0 bridgehead atoms. The Morgan fingerprint density at radius 2 is 1.98 bits per heavy atom. The molecule has 0 radical (unpaired) electrons. The maximum absolute atomic E-state index is 15.9. The lowest BCUT2D eigenvalue weighted by Crippen LogP contribution is -2.59. The van der Waals surface area contributed by atoms with Crippen LogP contribution in [0, 0.1) is 5.82 Å². The zero-order valence-corrected chi connectivity index (χ0v) is 37.0. The van der Waals surface area contributed by atoms with Crippen molar-refractivity contribution in [2.75, 3.05) is 48.8 Å². The van der Waals surface area contributed by atoms with E-state index >= 15 is 8.78 Å². The summed E-state index contributed by atoms with van der Waals surface area (Å²) in [5, 5.41) is 24.7. The number of carbonyl (C=O) groups excluding carboxylic acids is 1. The third-order valence-electron chi connectivity index (χ3n) is 10.8. The Balaban J connectivity index is 0.000000785. The number of aromatic amines is 1. The highest BCUT2D eigenvalue weighted by Crippen LogP contribution is 2.36. The molecule has 1 fully saturated rings. The molecule has 2 unspecified atom stereocenters. The minimum atomic E-state index is -1.51. The first-order valence-electron chi connectivity index (χ1n) is 20.7. The lowest BCUT2D eigenvalue weighted by molar-refractivity contribution is -0.107. The zero-order valence-electron chi connectivity index (χ0n) is 36.2. The minimum absolute atomic E-state index is 0.163. The number of hydrogen-bond donors (Lipinski definition) is 4. The molecule has 16 nitrogen and oxygen atoms in total. The Hall–Kier alpha value is -6.47. The van der Waals surface area contributed by atoms with Gasteiger partial charge in [-0.05, 0) is 76.2 Å². The topological polar surface area (TPSA) is 176 Å². The van der Waals surface area contributed by atoms with Crippen LogP contribution in [0.3, 0.4) is 0 Å². The van der Waals surface area contributed by atoms with Crippen LogP contribution in [0.4, 0.5) is 26.2 Å². The van der Waals surface area contributed by atoms with Gasteiger partial charge in [-0.1, -0.05) is 24.8 Å². The number of nitrogens with zero attached hydrogens (tertiary/aromatic N) is 9. The fraction of sp³-hybridized carbons (Fsp3) is 0.364. The Morgan fingerprint density at radius 1 is 1.16 bits per heavy atom. The largest absolute Gasteiger partial charge is 0.485 e. The number of aldehydes is 1. The number of hydrogen-bond acceptors (Lipinski definition) is 13. The maximum atomic E-state index is 15.9. The number of nitrogens with one attached hydrogen (secondary N) is 4. The SMILES string of the molecule is C=CNCCC=O.CNc1nn(C)c2c(F)c(N3CCN(Cc4cccc(S(=O)C5C=C(F)C(Nc6nc7c(OC(C)C)c(-c8cn[nH]c8)ncn7n6)=CC5)c4)C(C)(C)C3)ccc12. The van der Waals surface area contributed by atoms with Crippen molar-refractivity contribution in [3.63, 3.8) is 0 Å². The number of anilines is 3. The third kappa shape index (κ3) is 9.78. The molecule has 2 atom stereocenters. The normalized spacial score (nSPS) is 16.8. The molecule has 332 valence electrons. The van der Waals surface area contributed by atoms with Gasteiger partial charge in [-0.3, -0.25) is 18.9 Å². The molecule has 19 heteroatoms. The molecule has 1 aliphatic heterocycles. The Kier molecular flexibility index (Phi) is 13.6. The first kappa shape index (κ1) is 44.6. The average molecular weight is 882 g/mol. The predicted octanol–water partition coefficient (Wildman–Crippen LogP) is 6.51. The molecule has 2 aliphatic rings. The molecular weight excluding hydrogens is 829 g/mol. The van der Waals surface area contributed by atoms with E-state index in [2.05, 4.69) is 76.5 Å². The molecule has 4 aromatic heterocycles. The molecule has 5 heterocycles. The monoisotopic (exact) mass is 881 g/mol. The van der Waals surface area contributed by atoms with Crippen LogP contribution in [-0.2, 0) is 29.2 Å². The molecular formula is C44H53F2N13O3S. The van der Waals surface area contributed by atoms with Crippen molar-refractivity contribution >= 4 is 51.1 Å². The van der Waals surface area contributed by atoms with Crippen LogP contribution in [-0.4, -0.2) is 105 Å². The van der Waals surface area contributed by atoms with Crippen molar-refractivity contribution < 1.29 is 22.5 Å². The van der Waals surface area contributed by atoms with E-state index in [9.17, 15) is 9.00 Å². The van der Waals surface area contributed by atoms with Crippen LogP contribution < -0.4 is 25.6 Å². The van der Waals surface area contributed by atoms with Crippen LogP contribution in [0.2, 0.25) is 0 Å². The highest BCUT2D eigenvalue weighted by molar-refractivity contribution is 7.85. The van der Waals surface area contributed by atoms with E-state index < -0.39 is 21.9 Å². The van der Waals surface area contributed by atoms with E-state index in [4.69, 9.17) is 4.74 Å². The van der Waals surface area contributed by atoms with Gasteiger partial charge in [0.25, 0.3) is 0 Å². The van der Waals surface area contributed by atoms with Crippen LogP contribution >= 0.6 is 0 Å². The summed E-state index contributed by atoms with van der Waals surface area (Å²) < 4.78 is 54.5. The van der Waals surface area contributed by atoms with Gasteiger partial charge in [-0.25, -0.2) is 13.8 Å². The quantitative estimate of drug-likeness (QED) is 0.0650. The molecule has 2 aromatic carbocycles. The lowest BCUT2D eigenvalue weighted by Gasteiger charge is -2.48. The van der Waals surface area contributed by atoms with E-state index in [0.717, 1.165) is 22.8 Å². The van der Waals surface area contributed by atoms with Gasteiger partial charge in [0.2, 0.25) is 11.6 Å². The van der Waals surface area contributed by atoms with Crippen molar-refractivity contribution in [2.45, 2.75) is 68.9 Å². The summed E-state index contributed by atoms with van der Waals surface area (Å²) in [6.45, 7) is 14.8. The molecule has 0 saturated carbocycles. The van der Waals surface area contributed by atoms with Gasteiger partial charge >= 0.3 is 0 Å². The predicted molar refractivity (Wildman–Crippen MR) is 242 cm³/mol. The summed E-state index contributed by atoms with van der Waals surface area (Å²) in [5.74, 6) is 0.423. The summed E-state index contributed by atoms with van der Waals surface area (Å²) in [6.07, 6.45) is 11.1. The molecule has 8 rings (SSSR count). The highest BCUT2D eigenvalue weighted by Gasteiger charge is 2.35. The van der Waals surface area contributed by atoms with E-state index in [1.807, 2.05) is 50.2 Å². The van der Waals surface area contributed by atoms with Crippen molar-refractivity contribution in [3.8, 4) is 17.0 Å². The molecule has 63 heavy (non-hydrogen) atoms. The maximum Gasteiger partial charge on any atom is 0.247 e. The summed E-state index contributed by atoms with van der Waals surface area (Å²) >= 11 is 0. The smallest absolute Gasteiger partial charge is 0.247 e. The van der Waals surface area contributed by atoms with Gasteiger partial charge < -0.3 is 30.4 Å². The van der Waals surface area contributed by atoms with E-state index in [1.165, 1.54) is 16.9 Å². The second-order valence-electron chi connectivity index (χ2n) is 16.0. The number of allylic oxidation sites excluding steroid dienone is 2. The van der Waals surface area contributed by atoms with Gasteiger partial charge in [-0.2, -0.15) is 19.7 Å². The van der Waals surface area contributed by atoms with Gasteiger partial charge in [-0.15, -0.1) is 5.10 Å². The number of aryl methyl sites for hydroxylation is 1. The Bertz CT molecular complexity index is 2670. The summed E-state index contributed by atoms with van der Waals surface area (Å²) in [7, 11) is 2.02. The van der Waals surface area contributed by atoms with Crippen LogP contribution in [0.5, 0.6) is 5.75 Å². The standard InChI is InChI=1S/C39H44F2N12O2S.C5H9NO/c1-23(2)55-35-33(25-18-44-45-19-25)43-22-53-37(35)47-38(49-53)46-30-12-10-27(17-29(30)40)56(54)26-9-7-8-24(16-26)20-52-15-14-51(21-39(52,3)4)31-13-11-28-34(32(31)41)50(6)48-36(28)42-5;1-2-6-4-3-5-7/h7-9,11-13,16-19,22-23,27H,10,14-15,20-21H2,1-6H3,(H,42,48)(H,44,45)(H,46,49);2,5-6H,1,3-4H2. The van der Waals surface area contributed by atoms with E-state index in [-0.39, 0.29) is 29.1 Å². The summed E-state index contributed by atoms with van der Waals surface area (Å²) in [4.78, 5) is 23.8. The number of halogens is 2. The number of aromatic nitrogens is 8. The van der Waals surface area contributed by atoms with Crippen LogP contribution in [0.25, 0.3) is 27.8 Å². The summed E-state index contributed by atoms with van der Waals surface area (Å²) in [5.41, 5.74) is 3.64. The second-order valence-corrected chi connectivity index (χ2v) is 17.7. The molecule has 0 spiro atoms.